The molecule has 3 heterocycles. The Bertz CT molecular complexity index is 554. The van der Waals surface area contributed by atoms with Gasteiger partial charge in [-0.2, -0.15) is 11.8 Å². The Labute approximate surface area is 121 Å². The van der Waals surface area contributed by atoms with E-state index in [1.165, 1.54) is 0 Å². The molecule has 6 heteroatoms. The summed E-state index contributed by atoms with van der Waals surface area (Å²) in [5.74, 6) is 3.60. The van der Waals surface area contributed by atoms with E-state index in [1.54, 1.807) is 18.0 Å². The molecule has 0 unspecified atom stereocenters. The average molecular weight is 295 g/mol. The molecule has 1 saturated heterocycles. The maximum atomic E-state index is 9.38. The van der Waals surface area contributed by atoms with Crippen LogP contribution in [-0.2, 0) is 10.5 Å². The molecule has 0 saturated carbocycles. The largest absolute Gasteiger partial charge is 0.459 e. The third-order valence-electron chi connectivity index (χ3n) is 3.42. The van der Waals surface area contributed by atoms with E-state index in [1.807, 2.05) is 19.1 Å². The summed E-state index contributed by atoms with van der Waals surface area (Å²) < 4.78 is 16.1. The summed E-state index contributed by atoms with van der Waals surface area (Å²) in [4.78, 5) is 4.47. The minimum absolute atomic E-state index is 0.0633. The van der Waals surface area contributed by atoms with Gasteiger partial charge in [0.1, 0.15) is 5.76 Å². The second-order valence-electron chi connectivity index (χ2n) is 5.14. The van der Waals surface area contributed by atoms with Crippen LogP contribution in [0.15, 0.2) is 27.2 Å². The van der Waals surface area contributed by atoms with Crippen molar-refractivity contribution >= 4 is 11.8 Å². The van der Waals surface area contributed by atoms with E-state index in [0.717, 1.165) is 23.0 Å². The number of ether oxygens (including phenoxy) is 1. The Morgan fingerprint density at radius 2 is 2.30 bits per heavy atom. The minimum atomic E-state index is -0.0633. The van der Waals surface area contributed by atoms with Crippen LogP contribution in [0.25, 0.3) is 11.7 Å². The van der Waals surface area contributed by atoms with Crippen LogP contribution in [0.4, 0.5) is 0 Å². The lowest BCUT2D eigenvalue weighted by molar-refractivity contribution is -0.121. The molecule has 1 N–H and O–H groups in total. The fraction of sp³-hybridized carbons (Fsp3) is 0.500. The van der Waals surface area contributed by atoms with Crippen LogP contribution in [0, 0.1) is 12.3 Å². The van der Waals surface area contributed by atoms with E-state index >= 15 is 0 Å². The first kappa shape index (κ1) is 13.7. The maximum Gasteiger partial charge on any atom is 0.263 e. The predicted octanol–water partition coefficient (Wildman–Crippen LogP) is 2.49. The molecule has 0 bridgehead atoms. The summed E-state index contributed by atoms with van der Waals surface area (Å²) in [5.41, 5.74) is 0.862. The maximum absolute atomic E-state index is 9.38. The summed E-state index contributed by atoms with van der Waals surface area (Å²) in [6.45, 7) is 3.37. The molecule has 20 heavy (non-hydrogen) atoms. The lowest BCUT2D eigenvalue weighted by atomic mass is 9.90. The molecule has 0 amide bonds. The van der Waals surface area contributed by atoms with Crippen molar-refractivity contribution in [2.45, 2.75) is 12.7 Å². The summed E-state index contributed by atoms with van der Waals surface area (Å²) in [6.07, 6.45) is 1.60. The molecule has 1 fully saturated rings. The van der Waals surface area contributed by atoms with Crippen molar-refractivity contribution in [3.63, 3.8) is 0 Å². The zero-order valence-corrected chi connectivity index (χ0v) is 12.1. The lowest BCUT2D eigenvalue weighted by Crippen LogP contribution is -2.47. The first-order valence-electron chi connectivity index (χ1n) is 6.49. The molecule has 0 aromatic carbocycles. The monoisotopic (exact) mass is 295 g/mol. The summed E-state index contributed by atoms with van der Waals surface area (Å²) in [5, 5.41) is 9.38. The van der Waals surface area contributed by atoms with Gasteiger partial charge in [0, 0.05) is 16.9 Å². The van der Waals surface area contributed by atoms with Crippen molar-refractivity contribution in [1.82, 2.24) is 4.98 Å². The molecule has 2 aromatic rings. The van der Waals surface area contributed by atoms with E-state index in [-0.39, 0.29) is 12.0 Å². The van der Waals surface area contributed by atoms with Gasteiger partial charge in [-0.15, -0.1) is 0 Å². The van der Waals surface area contributed by atoms with E-state index in [2.05, 4.69) is 4.98 Å². The van der Waals surface area contributed by atoms with Gasteiger partial charge in [-0.3, -0.25) is 0 Å². The van der Waals surface area contributed by atoms with Crippen molar-refractivity contribution in [3.8, 4) is 11.7 Å². The zero-order chi connectivity index (χ0) is 14.0. The normalized spacial score (nSPS) is 17.1. The van der Waals surface area contributed by atoms with Gasteiger partial charge in [0.15, 0.2) is 5.76 Å². The molecular formula is C14H17NO4S. The number of hydrogen-bond acceptors (Lipinski definition) is 6. The van der Waals surface area contributed by atoms with Gasteiger partial charge in [0.05, 0.1) is 31.8 Å². The number of furan rings is 1. The number of thioether (sulfide) groups is 1. The Hall–Kier alpha value is -1.24. The van der Waals surface area contributed by atoms with Crippen LogP contribution in [0.1, 0.15) is 11.5 Å². The SMILES string of the molecule is Cc1oc(-c2ccco2)nc1CSCC1(CO)COC1. The highest BCUT2D eigenvalue weighted by Crippen LogP contribution is 2.33. The van der Waals surface area contributed by atoms with Gasteiger partial charge in [-0.25, -0.2) is 4.98 Å². The molecule has 1 aliphatic heterocycles. The predicted molar refractivity (Wildman–Crippen MR) is 75.4 cm³/mol. The van der Waals surface area contributed by atoms with E-state index in [0.29, 0.717) is 24.9 Å². The number of nitrogens with zero attached hydrogens (tertiary/aromatic N) is 1. The van der Waals surface area contributed by atoms with Crippen molar-refractivity contribution in [2.75, 3.05) is 25.6 Å². The third kappa shape index (κ3) is 2.63. The number of aliphatic hydroxyl groups excluding tert-OH is 1. The van der Waals surface area contributed by atoms with Crippen molar-refractivity contribution in [2.24, 2.45) is 5.41 Å². The van der Waals surface area contributed by atoms with Crippen molar-refractivity contribution in [1.29, 1.82) is 0 Å². The molecule has 0 atom stereocenters. The Morgan fingerprint density at radius 1 is 1.45 bits per heavy atom. The first-order chi connectivity index (χ1) is 9.72. The molecule has 0 spiro atoms. The van der Waals surface area contributed by atoms with Crippen LogP contribution >= 0.6 is 11.8 Å². The molecule has 0 aliphatic carbocycles. The fourth-order valence-electron chi connectivity index (χ4n) is 2.04. The molecule has 1 aliphatic rings. The number of hydrogen-bond donors (Lipinski definition) is 1. The summed E-state index contributed by atoms with van der Waals surface area (Å²) >= 11 is 1.75. The molecular weight excluding hydrogens is 278 g/mol. The van der Waals surface area contributed by atoms with E-state index in [4.69, 9.17) is 13.6 Å². The van der Waals surface area contributed by atoms with Crippen molar-refractivity contribution < 1.29 is 18.7 Å². The zero-order valence-electron chi connectivity index (χ0n) is 11.3. The number of aromatic nitrogens is 1. The second-order valence-corrected chi connectivity index (χ2v) is 6.13. The quantitative estimate of drug-likeness (QED) is 0.883. The molecule has 3 rings (SSSR count). The topological polar surface area (TPSA) is 68.6 Å². The van der Waals surface area contributed by atoms with Crippen LogP contribution in [0.2, 0.25) is 0 Å². The van der Waals surface area contributed by atoms with Crippen LogP contribution in [0.3, 0.4) is 0 Å². The molecule has 108 valence electrons. The lowest BCUT2D eigenvalue weighted by Gasteiger charge is -2.39. The Morgan fingerprint density at radius 3 is 2.90 bits per heavy atom. The fourth-order valence-corrected chi connectivity index (χ4v) is 3.30. The second kappa shape index (κ2) is 5.63. The number of aryl methyl sites for hydroxylation is 1. The van der Waals surface area contributed by atoms with E-state index in [9.17, 15) is 5.11 Å². The van der Waals surface area contributed by atoms with Gasteiger partial charge in [0.25, 0.3) is 5.89 Å². The highest BCUT2D eigenvalue weighted by atomic mass is 32.2. The number of aliphatic hydroxyl groups is 1. The summed E-state index contributed by atoms with van der Waals surface area (Å²) in [6, 6.07) is 3.64. The van der Waals surface area contributed by atoms with Gasteiger partial charge in [0.2, 0.25) is 0 Å². The minimum Gasteiger partial charge on any atom is -0.459 e. The molecule has 5 nitrogen and oxygen atoms in total. The van der Waals surface area contributed by atoms with Gasteiger partial charge < -0.3 is 18.7 Å². The van der Waals surface area contributed by atoms with Gasteiger partial charge in [-0.05, 0) is 19.1 Å². The van der Waals surface area contributed by atoms with E-state index < -0.39 is 0 Å². The highest BCUT2D eigenvalue weighted by Gasteiger charge is 2.37. The summed E-state index contributed by atoms with van der Waals surface area (Å²) in [7, 11) is 0. The Balaban J connectivity index is 1.60. The van der Waals surface area contributed by atoms with Crippen molar-refractivity contribution in [3.05, 3.63) is 29.9 Å². The average Bonchev–Trinajstić information content (AvgIpc) is 3.02. The van der Waals surface area contributed by atoms with Gasteiger partial charge >= 0.3 is 0 Å². The molecule has 2 aromatic heterocycles. The first-order valence-corrected chi connectivity index (χ1v) is 7.64. The van der Waals surface area contributed by atoms with Crippen LogP contribution < -0.4 is 0 Å². The Kier molecular flexibility index (Phi) is 3.87. The molecule has 0 radical (unpaired) electrons. The van der Waals surface area contributed by atoms with Crippen LogP contribution in [-0.4, -0.2) is 35.7 Å². The smallest absolute Gasteiger partial charge is 0.263 e. The van der Waals surface area contributed by atoms with Gasteiger partial charge in [-0.1, -0.05) is 0 Å². The third-order valence-corrected chi connectivity index (χ3v) is 4.72. The highest BCUT2D eigenvalue weighted by molar-refractivity contribution is 7.98. The van der Waals surface area contributed by atoms with Crippen LogP contribution in [0.5, 0.6) is 0 Å². The number of rotatable bonds is 6. The number of oxazole rings is 1. The standard InChI is InChI=1S/C14H17NO4S/c1-10-11(5-20-9-14(6-16)7-17-8-14)15-13(19-10)12-3-2-4-18-12/h2-4,16H,5-9H2,1H3.